The van der Waals surface area contributed by atoms with E-state index in [9.17, 15) is 14.7 Å². The number of hydroxylamine groups is 2. The maximum absolute atomic E-state index is 12.4. The SMILES string of the molecule is Nc1ncnc2c1ncn2[C@H]1C[C@H](O)[C@@H](CON2C(=O)c3ccccc3C2=O)O1. The van der Waals surface area contributed by atoms with Crippen LogP contribution in [0.2, 0.25) is 0 Å². The van der Waals surface area contributed by atoms with Crippen molar-refractivity contribution in [3.05, 3.63) is 48.0 Å². The maximum atomic E-state index is 12.4. The van der Waals surface area contributed by atoms with Crippen molar-refractivity contribution in [2.24, 2.45) is 0 Å². The van der Waals surface area contributed by atoms with E-state index in [4.69, 9.17) is 15.3 Å². The van der Waals surface area contributed by atoms with Crippen LogP contribution in [-0.4, -0.2) is 60.3 Å². The van der Waals surface area contributed by atoms with E-state index < -0.39 is 30.3 Å². The van der Waals surface area contributed by atoms with Crippen molar-refractivity contribution in [3.8, 4) is 0 Å². The zero-order valence-electron chi connectivity index (χ0n) is 15.0. The molecule has 11 heteroatoms. The summed E-state index contributed by atoms with van der Waals surface area (Å²) in [7, 11) is 0. The fourth-order valence-corrected chi connectivity index (χ4v) is 3.55. The molecule has 1 aromatic carbocycles. The Morgan fingerprint density at radius 2 is 1.90 bits per heavy atom. The number of aliphatic hydroxyl groups is 1. The average molecular weight is 396 g/mol. The Bertz CT molecular complexity index is 1100. The lowest BCUT2D eigenvalue weighted by Gasteiger charge is -2.19. The van der Waals surface area contributed by atoms with E-state index in [2.05, 4.69) is 15.0 Å². The number of carbonyl (C=O) groups excluding carboxylic acids is 2. The fraction of sp³-hybridized carbons (Fsp3) is 0.278. The standard InChI is InChI=1S/C18H16N6O5/c19-15-14-16(21-7-20-15)23(8-22-14)13-5-11(25)12(29-13)6-28-24-17(26)9-3-1-2-4-10(9)18(24)27/h1-4,7-8,11-13,25H,5-6H2,(H2,19,20,21)/t11-,12+,13+/m0/s1. The highest BCUT2D eigenvalue weighted by molar-refractivity contribution is 6.20. The molecule has 148 valence electrons. The number of nitrogens with two attached hydrogens (primary N) is 1. The summed E-state index contributed by atoms with van der Waals surface area (Å²) in [6.07, 6.45) is 0.920. The number of imide groups is 1. The van der Waals surface area contributed by atoms with Gasteiger partial charge in [-0.25, -0.2) is 15.0 Å². The van der Waals surface area contributed by atoms with Gasteiger partial charge in [0.15, 0.2) is 11.5 Å². The molecule has 2 amide bonds. The van der Waals surface area contributed by atoms with Crippen molar-refractivity contribution >= 4 is 28.8 Å². The van der Waals surface area contributed by atoms with Crippen molar-refractivity contribution in [1.82, 2.24) is 24.6 Å². The van der Waals surface area contributed by atoms with Gasteiger partial charge in [0.1, 0.15) is 30.8 Å². The van der Waals surface area contributed by atoms with Crippen molar-refractivity contribution < 1.29 is 24.3 Å². The number of carbonyl (C=O) groups is 2. The molecule has 3 N–H and O–H groups in total. The predicted octanol–water partition coefficient (Wildman–Crippen LogP) is 0.285. The first-order valence-corrected chi connectivity index (χ1v) is 8.92. The number of aromatic nitrogens is 4. The van der Waals surface area contributed by atoms with Gasteiger partial charge in [-0.3, -0.25) is 19.0 Å². The Morgan fingerprint density at radius 1 is 1.17 bits per heavy atom. The van der Waals surface area contributed by atoms with Crippen LogP contribution in [0.5, 0.6) is 0 Å². The molecule has 0 unspecified atom stereocenters. The van der Waals surface area contributed by atoms with E-state index in [1.165, 1.54) is 12.7 Å². The van der Waals surface area contributed by atoms with Crippen LogP contribution in [0.25, 0.3) is 11.2 Å². The van der Waals surface area contributed by atoms with Crippen molar-refractivity contribution in [1.29, 1.82) is 0 Å². The Kier molecular flexibility index (Phi) is 4.01. The monoisotopic (exact) mass is 396 g/mol. The molecule has 2 aliphatic heterocycles. The highest BCUT2D eigenvalue weighted by Gasteiger charge is 2.40. The van der Waals surface area contributed by atoms with E-state index >= 15 is 0 Å². The number of hydrogen-bond donors (Lipinski definition) is 2. The molecule has 3 aromatic rings. The lowest BCUT2D eigenvalue weighted by molar-refractivity contribution is -0.140. The summed E-state index contributed by atoms with van der Waals surface area (Å²) >= 11 is 0. The minimum Gasteiger partial charge on any atom is -0.390 e. The summed E-state index contributed by atoms with van der Waals surface area (Å²) in [6.45, 7) is -0.174. The molecule has 0 saturated carbocycles. The smallest absolute Gasteiger partial charge is 0.285 e. The molecular formula is C18H16N6O5. The number of nitrogen functional groups attached to an aromatic ring is 1. The van der Waals surface area contributed by atoms with Crippen LogP contribution in [0, 0.1) is 0 Å². The molecule has 0 spiro atoms. The summed E-state index contributed by atoms with van der Waals surface area (Å²) in [5, 5.41) is 11.1. The third-order valence-electron chi connectivity index (χ3n) is 5.03. The van der Waals surface area contributed by atoms with Gasteiger partial charge in [-0.05, 0) is 12.1 Å². The van der Waals surface area contributed by atoms with E-state index in [0.29, 0.717) is 16.2 Å². The minimum absolute atomic E-state index is 0.174. The molecule has 0 aliphatic carbocycles. The number of aliphatic hydroxyl groups excluding tert-OH is 1. The van der Waals surface area contributed by atoms with E-state index in [-0.39, 0.29) is 30.0 Å². The largest absolute Gasteiger partial charge is 0.390 e. The first-order chi connectivity index (χ1) is 14.0. The maximum Gasteiger partial charge on any atom is 0.285 e. The third kappa shape index (κ3) is 2.75. The molecule has 1 fully saturated rings. The summed E-state index contributed by atoms with van der Waals surface area (Å²) in [4.78, 5) is 42.4. The van der Waals surface area contributed by atoms with Gasteiger partial charge in [0.25, 0.3) is 11.8 Å². The summed E-state index contributed by atoms with van der Waals surface area (Å²) in [5.74, 6) is -0.831. The van der Waals surface area contributed by atoms with Gasteiger partial charge in [0.2, 0.25) is 0 Å². The second-order valence-electron chi connectivity index (χ2n) is 6.76. The summed E-state index contributed by atoms with van der Waals surface area (Å²) < 4.78 is 7.52. The van der Waals surface area contributed by atoms with Gasteiger partial charge in [-0.1, -0.05) is 12.1 Å². The fourth-order valence-electron chi connectivity index (χ4n) is 3.55. The lowest BCUT2D eigenvalue weighted by atomic mass is 10.1. The third-order valence-corrected chi connectivity index (χ3v) is 5.03. The highest BCUT2D eigenvalue weighted by atomic mass is 16.7. The van der Waals surface area contributed by atoms with Crippen molar-refractivity contribution in [3.63, 3.8) is 0 Å². The molecule has 1 saturated heterocycles. The average Bonchev–Trinajstić information content (AvgIpc) is 3.38. The quantitative estimate of drug-likeness (QED) is 0.594. The van der Waals surface area contributed by atoms with E-state index in [1.807, 2.05) is 0 Å². The van der Waals surface area contributed by atoms with Crippen molar-refractivity contribution in [2.75, 3.05) is 12.3 Å². The zero-order valence-corrected chi connectivity index (χ0v) is 15.0. The molecule has 2 aliphatic rings. The van der Waals surface area contributed by atoms with Crippen molar-refractivity contribution in [2.45, 2.75) is 24.9 Å². The van der Waals surface area contributed by atoms with Crippen LogP contribution in [0.1, 0.15) is 33.4 Å². The number of imidazole rings is 1. The number of anilines is 1. The van der Waals surface area contributed by atoms with Crippen LogP contribution < -0.4 is 5.73 Å². The molecule has 5 rings (SSSR count). The van der Waals surface area contributed by atoms with Gasteiger partial charge in [-0.2, -0.15) is 0 Å². The molecule has 3 atom stereocenters. The second-order valence-corrected chi connectivity index (χ2v) is 6.76. The number of amides is 2. The number of fused-ring (bicyclic) bond motifs is 2. The number of rotatable bonds is 4. The van der Waals surface area contributed by atoms with Crippen LogP contribution in [-0.2, 0) is 9.57 Å². The molecule has 0 radical (unpaired) electrons. The first-order valence-electron chi connectivity index (χ1n) is 8.92. The molecular weight excluding hydrogens is 380 g/mol. The summed E-state index contributed by atoms with van der Waals surface area (Å²) in [6, 6.07) is 6.47. The molecule has 29 heavy (non-hydrogen) atoms. The van der Waals surface area contributed by atoms with Crippen LogP contribution in [0.4, 0.5) is 5.82 Å². The first kappa shape index (κ1) is 17.7. The van der Waals surface area contributed by atoms with E-state index in [1.54, 1.807) is 28.8 Å². The number of benzene rings is 1. The second kappa shape index (κ2) is 6.58. The zero-order chi connectivity index (χ0) is 20.1. The van der Waals surface area contributed by atoms with Gasteiger partial charge < -0.3 is 15.6 Å². The van der Waals surface area contributed by atoms with Gasteiger partial charge in [0, 0.05) is 6.42 Å². The molecule has 4 heterocycles. The Hall–Kier alpha value is -3.41. The number of hydrogen-bond acceptors (Lipinski definition) is 9. The highest BCUT2D eigenvalue weighted by Crippen LogP contribution is 2.32. The predicted molar refractivity (Wildman–Crippen MR) is 97.2 cm³/mol. The van der Waals surface area contributed by atoms with Gasteiger partial charge >= 0.3 is 0 Å². The van der Waals surface area contributed by atoms with Crippen LogP contribution >= 0.6 is 0 Å². The Labute approximate surface area is 163 Å². The normalized spacial score (nSPS) is 23.9. The molecule has 11 nitrogen and oxygen atoms in total. The number of ether oxygens (including phenoxy) is 1. The topological polar surface area (TPSA) is 146 Å². The number of nitrogens with zero attached hydrogens (tertiary/aromatic N) is 5. The van der Waals surface area contributed by atoms with Gasteiger partial charge in [-0.15, -0.1) is 5.06 Å². The Balaban J connectivity index is 1.29. The summed E-state index contributed by atoms with van der Waals surface area (Å²) in [5.41, 5.74) is 7.29. The van der Waals surface area contributed by atoms with Crippen LogP contribution in [0.3, 0.4) is 0 Å². The van der Waals surface area contributed by atoms with E-state index in [0.717, 1.165) is 0 Å². The Morgan fingerprint density at radius 3 is 2.62 bits per heavy atom. The van der Waals surface area contributed by atoms with Crippen LogP contribution in [0.15, 0.2) is 36.9 Å². The molecule has 2 aromatic heterocycles. The van der Waals surface area contributed by atoms with Gasteiger partial charge in [0.05, 0.1) is 23.6 Å². The molecule has 0 bridgehead atoms. The minimum atomic E-state index is -0.869. The lowest BCUT2D eigenvalue weighted by Crippen LogP contribution is -2.36.